The molecule has 2 saturated heterocycles. The van der Waals surface area contributed by atoms with Gasteiger partial charge >= 0.3 is 0 Å². The van der Waals surface area contributed by atoms with Crippen molar-refractivity contribution in [3.05, 3.63) is 0 Å². The van der Waals surface area contributed by atoms with Gasteiger partial charge in [0.15, 0.2) is 0 Å². The van der Waals surface area contributed by atoms with Crippen molar-refractivity contribution in [1.82, 2.24) is 15.1 Å². The molecule has 2 heterocycles. The minimum Gasteiger partial charge on any atom is -0.354 e. The van der Waals surface area contributed by atoms with Gasteiger partial charge in [-0.25, -0.2) is 0 Å². The number of amides is 3. The molecule has 2 atom stereocenters. The van der Waals surface area contributed by atoms with Crippen LogP contribution in [-0.4, -0.2) is 65.8 Å². The zero-order chi connectivity index (χ0) is 16.1. The van der Waals surface area contributed by atoms with Gasteiger partial charge in [0, 0.05) is 45.1 Å². The van der Waals surface area contributed by atoms with Crippen LogP contribution >= 0.6 is 0 Å². The van der Waals surface area contributed by atoms with Crippen LogP contribution in [0.2, 0.25) is 0 Å². The molecule has 2 rings (SSSR count). The van der Waals surface area contributed by atoms with Crippen LogP contribution in [0.4, 0.5) is 0 Å². The van der Waals surface area contributed by atoms with Gasteiger partial charge in [0.2, 0.25) is 17.7 Å². The lowest BCUT2D eigenvalue weighted by molar-refractivity contribution is -0.139. The first kappa shape index (κ1) is 16.7. The van der Waals surface area contributed by atoms with E-state index in [0.717, 1.165) is 25.8 Å². The third-order valence-corrected chi connectivity index (χ3v) is 4.36. The Hall–Kier alpha value is -1.63. The molecule has 0 bridgehead atoms. The second-order valence-electron chi connectivity index (χ2n) is 6.17. The highest BCUT2D eigenvalue weighted by atomic mass is 16.2. The average Bonchev–Trinajstić information content (AvgIpc) is 2.64. The number of rotatable bonds is 4. The molecule has 7 nitrogen and oxygen atoms in total. The molecule has 0 aromatic heterocycles. The number of hydrogen-bond acceptors (Lipinski definition) is 4. The van der Waals surface area contributed by atoms with Gasteiger partial charge in [0.25, 0.3) is 0 Å². The summed E-state index contributed by atoms with van der Waals surface area (Å²) in [6.07, 6.45) is 3.42. The van der Waals surface area contributed by atoms with Crippen LogP contribution in [-0.2, 0) is 14.4 Å². The summed E-state index contributed by atoms with van der Waals surface area (Å²) >= 11 is 0. The fraction of sp³-hybridized carbons (Fsp3) is 0.800. The standard InChI is InChI=1S/C15H26N4O3/c1-11-15(22)17-6-4-8-19(11)14(21)9-12(16)10-18-7-3-2-5-13(18)20/h11-12H,2-10,16H2,1H3,(H,17,22)/t11-,12+/m1/s1. The summed E-state index contributed by atoms with van der Waals surface area (Å²) < 4.78 is 0. The lowest BCUT2D eigenvalue weighted by Gasteiger charge is -2.31. The second kappa shape index (κ2) is 7.58. The fourth-order valence-corrected chi connectivity index (χ4v) is 3.03. The van der Waals surface area contributed by atoms with Crippen molar-refractivity contribution >= 4 is 17.7 Å². The zero-order valence-corrected chi connectivity index (χ0v) is 13.2. The predicted octanol–water partition coefficient (Wildman–Crippen LogP) is -0.547. The molecule has 0 radical (unpaired) electrons. The van der Waals surface area contributed by atoms with Crippen molar-refractivity contribution in [2.24, 2.45) is 5.73 Å². The zero-order valence-electron chi connectivity index (χ0n) is 13.2. The largest absolute Gasteiger partial charge is 0.354 e. The molecule has 0 aromatic rings. The predicted molar refractivity (Wildman–Crippen MR) is 81.8 cm³/mol. The van der Waals surface area contributed by atoms with E-state index in [1.165, 1.54) is 0 Å². The van der Waals surface area contributed by atoms with Gasteiger partial charge in [-0.2, -0.15) is 0 Å². The summed E-state index contributed by atoms with van der Waals surface area (Å²) in [6, 6.07) is -0.841. The molecular formula is C15H26N4O3. The number of nitrogens with zero attached hydrogens (tertiary/aromatic N) is 2. The number of carbonyl (C=O) groups is 3. The van der Waals surface area contributed by atoms with Crippen molar-refractivity contribution in [3.8, 4) is 0 Å². The van der Waals surface area contributed by atoms with E-state index in [9.17, 15) is 14.4 Å². The number of nitrogens with one attached hydrogen (secondary N) is 1. The van der Waals surface area contributed by atoms with Crippen LogP contribution < -0.4 is 11.1 Å². The molecular weight excluding hydrogens is 284 g/mol. The van der Waals surface area contributed by atoms with Crippen molar-refractivity contribution in [1.29, 1.82) is 0 Å². The Morgan fingerprint density at radius 1 is 1.32 bits per heavy atom. The average molecular weight is 310 g/mol. The second-order valence-corrected chi connectivity index (χ2v) is 6.17. The number of piperidine rings is 1. The van der Waals surface area contributed by atoms with E-state index < -0.39 is 6.04 Å². The van der Waals surface area contributed by atoms with E-state index in [4.69, 9.17) is 5.73 Å². The van der Waals surface area contributed by atoms with Gasteiger partial charge < -0.3 is 20.9 Å². The summed E-state index contributed by atoms with van der Waals surface area (Å²) in [5, 5.41) is 2.79. The van der Waals surface area contributed by atoms with E-state index in [1.807, 2.05) is 0 Å². The van der Waals surface area contributed by atoms with Crippen LogP contribution in [0.15, 0.2) is 0 Å². The van der Waals surface area contributed by atoms with Crippen LogP contribution in [0.5, 0.6) is 0 Å². The third kappa shape index (κ3) is 4.19. The molecule has 0 aliphatic carbocycles. The Bertz CT molecular complexity index is 441. The molecule has 0 saturated carbocycles. The first-order chi connectivity index (χ1) is 10.5. The molecule has 124 valence electrons. The van der Waals surface area contributed by atoms with Crippen LogP contribution in [0.25, 0.3) is 0 Å². The molecule has 2 fully saturated rings. The van der Waals surface area contributed by atoms with E-state index in [-0.39, 0.29) is 30.2 Å². The lowest BCUT2D eigenvalue weighted by Crippen LogP contribution is -2.49. The van der Waals surface area contributed by atoms with Gasteiger partial charge in [0.05, 0.1) is 0 Å². The van der Waals surface area contributed by atoms with Crippen LogP contribution in [0, 0.1) is 0 Å². The summed E-state index contributed by atoms with van der Waals surface area (Å²) in [5.74, 6) is -0.108. The number of hydrogen-bond donors (Lipinski definition) is 2. The van der Waals surface area contributed by atoms with E-state index in [1.54, 1.807) is 16.7 Å². The number of likely N-dealkylation sites (tertiary alicyclic amines) is 1. The fourth-order valence-electron chi connectivity index (χ4n) is 3.03. The third-order valence-electron chi connectivity index (χ3n) is 4.36. The topological polar surface area (TPSA) is 95.7 Å². The highest BCUT2D eigenvalue weighted by Crippen LogP contribution is 2.13. The SMILES string of the molecule is C[C@@H]1C(=O)NCCCN1C(=O)C[C@H](N)CN1CCCCC1=O. The smallest absolute Gasteiger partial charge is 0.242 e. The maximum atomic E-state index is 12.4. The van der Waals surface area contributed by atoms with Crippen molar-refractivity contribution in [3.63, 3.8) is 0 Å². The summed E-state index contributed by atoms with van der Waals surface area (Å²) in [5.41, 5.74) is 6.05. The van der Waals surface area contributed by atoms with Gasteiger partial charge in [0.1, 0.15) is 6.04 Å². The molecule has 7 heteroatoms. The van der Waals surface area contributed by atoms with Crippen molar-refractivity contribution < 1.29 is 14.4 Å². The Kier molecular flexibility index (Phi) is 5.76. The Labute approximate surface area is 131 Å². The summed E-state index contributed by atoms with van der Waals surface area (Å²) in [4.78, 5) is 39.3. The quantitative estimate of drug-likeness (QED) is 0.728. The van der Waals surface area contributed by atoms with Gasteiger partial charge in [-0.15, -0.1) is 0 Å². The Morgan fingerprint density at radius 3 is 2.82 bits per heavy atom. The molecule has 0 aromatic carbocycles. The van der Waals surface area contributed by atoms with Gasteiger partial charge in [-0.1, -0.05) is 0 Å². The molecule has 2 aliphatic rings. The maximum absolute atomic E-state index is 12.4. The molecule has 0 unspecified atom stereocenters. The van der Waals surface area contributed by atoms with Gasteiger partial charge in [-0.05, 0) is 26.2 Å². The minimum absolute atomic E-state index is 0.110. The highest BCUT2D eigenvalue weighted by molar-refractivity contribution is 5.88. The van der Waals surface area contributed by atoms with Crippen LogP contribution in [0.3, 0.4) is 0 Å². The molecule has 2 aliphatic heterocycles. The lowest BCUT2D eigenvalue weighted by atomic mass is 10.1. The molecule has 22 heavy (non-hydrogen) atoms. The highest BCUT2D eigenvalue weighted by Gasteiger charge is 2.29. The van der Waals surface area contributed by atoms with E-state index >= 15 is 0 Å². The normalized spacial score (nSPS) is 24.7. The summed E-state index contributed by atoms with van der Waals surface area (Å²) in [7, 11) is 0. The molecule has 3 amide bonds. The number of carbonyl (C=O) groups excluding carboxylic acids is 3. The maximum Gasteiger partial charge on any atom is 0.242 e. The first-order valence-corrected chi connectivity index (χ1v) is 8.09. The number of nitrogens with two attached hydrogens (primary N) is 1. The Morgan fingerprint density at radius 2 is 2.09 bits per heavy atom. The van der Waals surface area contributed by atoms with Crippen molar-refractivity contribution in [2.45, 2.75) is 51.1 Å². The summed E-state index contributed by atoms with van der Waals surface area (Å²) in [6.45, 7) is 4.04. The van der Waals surface area contributed by atoms with Crippen LogP contribution in [0.1, 0.15) is 39.0 Å². The van der Waals surface area contributed by atoms with Gasteiger partial charge in [-0.3, -0.25) is 14.4 Å². The van der Waals surface area contributed by atoms with E-state index in [2.05, 4.69) is 5.32 Å². The molecule has 3 N–H and O–H groups in total. The first-order valence-electron chi connectivity index (χ1n) is 8.09. The Balaban J connectivity index is 1.87. The monoisotopic (exact) mass is 310 g/mol. The van der Waals surface area contributed by atoms with E-state index in [0.29, 0.717) is 26.1 Å². The minimum atomic E-state index is -0.459. The van der Waals surface area contributed by atoms with Crippen molar-refractivity contribution in [2.75, 3.05) is 26.2 Å². The molecule has 0 spiro atoms.